The summed E-state index contributed by atoms with van der Waals surface area (Å²) in [7, 11) is -4.16. The van der Waals surface area contributed by atoms with Crippen LogP contribution in [-0.4, -0.2) is 28.7 Å². The number of aromatic nitrogens is 3. The fraction of sp³-hybridized carbons (Fsp3) is 0.344. The lowest BCUT2D eigenvalue weighted by Crippen LogP contribution is -2.33. The number of hydrogen-bond acceptors (Lipinski definition) is 5. The molecule has 0 saturated carbocycles. The lowest BCUT2D eigenvalue weighted by atomic mass is 9.92. The molecule has 234 valence electrons. The number of nitrogens with zero attached hydrogens (tertiary/aromatic N) is 3. The van der Waals surface area contributed by atoms with E-state index in [-0.39, 0.29) is 23.5 Å². The summed E-state index contributed by atoms with van der Waals surface area (Å²) in [5.74, 6) is -0.245. The molecule has 0 spiro atoms. The van der Waals surface area contributed by atoms with E-state index in [0.29, 0.717) is 35.4 Å². The van der Waals surface area contributed by atoms with E-state index < -0.39 is 38.8 Å². The largest absolute Gasteiger partial charge is 0.418 e. The molecule has 0 radical (unpaired) electrons. The molecule has 1 aromatic heterocycles. The third kappa shape index (κ3) is 7.65. The van der Waals surface area contributed by atoms with Crippen LogP contribution in [0, 0.1) is 5.41 Å². The molecule has 1 heterocycles. The summed E-state index contributed by atoms with van der Waals surface area (Å²) < 4.78 is 71.8. The number of sulfonamides is 1. The van der Waals surface area contributed by atoms with Crippen molar-refractivity contribution in [1.29, 1.82) is 0 Å². The number of para-hydroxylation sites is 1. The number of alkyl halides is 3. The quantitative estimate of drug-likeness (QED) is 0.221. The molecule has 0 aliphatic carbocycles. The average Bonchev–Trinajstić information content (AvgIpc) is 3.25. The van der Waals surface area contributed by atoms with Gasteiger partial charge in [-0.15, -0.1) is 5.10 Å². The molecule has 1 N–H and O–H groups in total. The Kier molecular flexibility index (Phi) is 9.53. The van der Waals surface area contributed by atoms with Gasteiger partial charge in [0.2, 0.25) is 5.91 Å². The molecule has 0 aliphatic rings. The predicted octanol–water partition coefficient (Wildman–Crippen LogP) is 6.35. The van der Waals surface area contributed by atoms with E-state index in [9.17, 15) is 31.2 Å². The molecule has 0 saturated heterocycles. The zero-order valence-electron chi connectivity index (χ0n) is 25.0. The van der Waals surface area contributed by atoms with Crippen LogP contribution in [0.25, 0.3) is 16.8 Å². The van der Waals surface area contributed by atoms with Gasteiger partial charge in [-0.05, 0) is 41.2 Å². The maximum atomic E-state index is 13.7. The highest BCUT2D eigenvalue weighted by atomic mass is 32.2. The summed E-state index contributed by atoms with van der Waals surface area (Å²) in [6, 6.07) is 18.0. The monoisotopic (exact) mass is 628 g/mol. The molecule has 44 heavy (non-hydrogen) atoms. The number of rotatable bonds is 10. The fourth-order valence-electron chi connectivity index (χ4n) is 4.80. The molecule has 1 amide bonds. The number of benzene rings is 3. The van der Waals surface area contributed by atoms with Crippen LogP contribution in [0.4, 0.5) is 13.2 Å². The second kappa shape index (κ2) is 12.8. The smallest absolute Gasteiger partial charge is 0.274 e. The Labute approximate surface area is 254 Å². The summed E-state index contributed by atoms with van der Waals surface area (Å²) in [5.41, 5.74) is -0.786. The number of nitrogens with one attached hydrogen (secondary N) is 1. The second-order valence-corrected chi connectivity index (χ2v) is 13.4. The third-order valence-corrected chi connectivity index (χ3v) is 8.28. The number of unbranched alkanes of at least 4 members (excludes halogenated alkanes) is 1. The maximum Gasteiger partial charge on any atom is 0.418 e. The van der Waals surface area contributed by atoms with Crippen molar-refractivity contribution in [1.82, 2.24) is 19.1 Å². The first-order valence-electron chi connectivity index (χ1n) is 14.2. The molecule has 0 unspecified atom stereocenters. The van der Waals surface area contributed by atoms with E-state index in [2.05, 4.69) is 9.82 Å². The Morgan fingerprint density at radius 3 is 2.20 bits per heavy atom. The van der Waals surface area contributed by atoms with Crippen LogP contribution in [-0.2, 0) is 34.0 Å². The van der Waals surface area contributed by atoms with E-state index >= 15 is 0 Å². The van der Waals surface area contributed by atoms with E-state index in [1.807, 2.05) is 27.7 Å². The summed E-state index contributed by atoms with van der Waals surface area (Å²) in [4.78, 5) is 25.8. The molecule has 4 rings (SSSR count). The van der Waals surface area contributed by atoms with Crippen LogP contribution < -0.4 is 10.4 Å². The van der Waals surface area contributed by atoms with Gasteiger partial charge in [0.1, 0.15) is 5.82 Å². The van der Waals surface area contributed by atoms with E-state index in [1.54, 1.807) is 42.5 Å². The molecule has 0 fully saturated rings. The Bertz CT molecular complexity index is 1800. The first-order valence-corrected chi connectivity index (χ1v) is 15.7. The maximum absolute atomic E-state index is 13.7. The molecule has 0 aliphatic heterocycles. The topological polar surface area (TPSA) is 103 Å². The summed E-state index contributed by atoms with van der Waals surface area (Å²) >= 11 is 0. The minimum absolute atomic E-state index is 0.0288. The zero-order chi connectivity index (χ0) is 32.3. The van der Waals surface area contributed by atoms with Crippen LogP contribution in [0.1, 0.15) is 63.9 Å². The predicted molar refractivity (Wildman–Crippen MR) is 162 cm³/mol. The van der Waals surface area contributed by atoms with Crippen molar-refractivity contribution >= 4 is 15.9 Å². The molecular weight excluding hydrogens is 593 g/mol. The normalized spacial score (nSPS) is 12.3. The van der Waals surface area contributed by atoms with Crippen LogP contribution in [0.3, 0.4) is 0 Å². The zero-order valence-corrected chi connectivity index (χ0v) is 25.8. The molecular formula is C32H35F3N4O4S. The Morgan fingerprint density at radius 2 is 1.57 bits per heavy atom. The van der Waals surface area contributed by atoms with Gasteiger partial charge in [-0.25, -0.2) is 17.9 Å². The minimum atomic E-state index is -4.67. The number of amides is 1. The van der Waals surface area contributed by atoms with Gasteiger partial charge in [-0.3, -0.25) is 9.36 Å². The Morgan fingerprint density at radius 1 is 0.932 bits per heavy atom. The molecule has 12 heteroatoms. The van der Waals surface area contributed by atoms with Gasteiger partial charge in [-0.1, -0.05) is 88.7 Å². The number of hydrogen-bond donors (Lipinski definition) is 1. The molecule has 0 bridgehead atoms. The summed E-state index contributed by atoms with van der Waals surface area (Å²) in [6.45, 7) is 7.52. The van der Waals surface area contributed by atoms with Gasteiger partial charge in [0.25, 0.3) is 10.0 Å². The highest BCUT2D eigenvalue weighted by Gasteiger charge is 2.35. The molecule has 8 nitrogen and oxygen atoms in total. The first kappa shape index (κ1) is 32.7. The summed E-state index contributed by atoms with van der Waals surface area (Å²) in [5, 5.41) is 4.30. The van der Waals surface area contributed by atoms with Crippen molar-refractivity contribution in [2.45, 2.75) is 71.0 Å². The van der Waals surface area contributed by atoms with Gasteiger partial charge in [0, 0.05) is 18.4 Å². The number of halogens is 3. The second-order valence-electron chi connectivity index (χ2n) is 11.8. The van der Waals surface area contributed by atoms with Crippen molar-refractivity contribution in [2.75, 3.05) is 0 Å². The van der Waals surface area contributed by atoms with Gasteiger partial charge < -0.3 is 0 Å². The van der Waals surface area contributed by atoms with Crippen LogP contribution >= 0.6 is 0 Å². The molecule has 4 aromatic rings. The number of carbonyl (C=O) groups is 1. The highest BCUT2D eigenvalue weighted by Crippen LogP contribution is 2.33. The van der Waals surface area contributed by atoms with Crippen LogP contribution in [0.5, 0.6) is 0 Å². The van der Waals surface area contributed by atoms with Gasteiger partial charge in [0.15, 0.2) is 0 Å². The van der Waals surface area contributed by atoms with Crippen molar-refractivity contribution in [2.24, 2.45) is 5.41 Å². The summed E-state index contributed by atoms with van der Waals surface area (Å²) in [6.07, 6.45) is -2.75. The molecule has 0 atom stereocenters. The first-order chi connectivity index (χ1) is 20.6. The average molecular weight is 629 g/mol. The minimum Gasteiger partial charge on any atom is -0.274 e. The van der Waals surface area contributed by atoms with Crippen LogP contribution in [0.15, 0.2) is 82.5 Å². The van der Waals surface area contributed by atoms with Crippen molar-refractivity contribution in [3.63, 3.8) is 0 Å². The third-order valence-electron chi connectivity index (χ3n) is 6.85. The van der Waals surface area contributed by atoms with Gasteiger partial charge in [-0.2, -0.15) is 17.9 Å². The SMILES string of the molecule is CCCCc1nn(-c2ccccc2C(F)(F)F)c(=O)n1Cc1ccc(-c2ccccc2S(=O)(=O)NC(=O)CC(C)(C)C)cc1. The number of aryl methyl sites for hydroxylation is 1. The lowest BCUT2D eigenvalue weighted by molar-refractivity contribution is -0.137. The van der Waals surface area contributed by atoms with Crippen LogP contribution in [0.2, 0.25) is 0 Å². The number of carbonyl (C=O) groups excluding carboxylic acids is 1. The molecule has 3 aromatic carbocycles. The Balaban J connectivity index is 1.67. The van der Waals surface area contributed by atoms with Crippen molar-refractivity contribution in [3.8, 4) is 16.8 Å². The Hall–Kier alpha value is -4.19. The highest BCUT2D eigenvalue weighted by molar-refractivity contribution is 7.90. The lowest BCUT2D eigenvalue weighted by Gasteiger charge is -2.18. The van der Waals surface area contributed by atoms with Gasteiger partial charge in [0.05, 0.1) is 22.7 Å². The van der Waals surface area contributed by atoms with Crippen molar-refractivity contribution in [3.05, 3.63) is 100 Å². The van der Waals surface area contributed by atoms with E-state index in [4.69, 9.17) is 0 Å². The standard InChI is InChI=1S/C32H35F3N4O4S/c1-5-6-15-28-36-39(26-13-9-8-12-25(26)32(33,34)35)30(41)38(28)21-22-16-18-23(19-17-22)24-11-7-10-14-27(24)44(42,43)37-29(40)20-31(2,3)4/h7-14,16-19H,5-6,15,20-21H2,1-4H3,(H,37,40). The van der Waals surface area contributed by atoms with Gasteiger partial charge >= 0.3 is 11.9 Å². The fourth-order valence-corrected chi connectivity index (χ4v) is 6.02. The van der Waals surface area contributed by atoms with E-state index in [1.165, 1.54) is 28.8 Å². The van der Waals surface area contributed by atoms with E-state index in [0.717, 1.165) is 17.2 Å². The van der Waals surface area contributed by atoms with Crippen molar-refractivity contribution < 1.29 is 26.4 Å².